The van der Waals surface area contributed by atoms with Crippen molar-refractivity contribution in [3.8, 4) is 0 Å². The molecule has 0 spiro atoms. The highest BCUT2D eigenvalue weighted by Gasteiger charge is 2.23. The van der Waals surface area contributed by atoms with Gasteiger partial charge in [-0.2, -0.15) is 0 Å². The molecule has 1 amide bonds. The standard InChI is InChI=1S/C12H23N2O6PS2/c1-4-19-21(18,20-5-2)7-6-13-12(22)23-8-10(11(16)17)14-9(3)15/h10H,4-8H2,1-3H3,(H,13,22)(H,14,15)(H,16,17)/t10-/m0/s1. The van der Waals surface area contributed by atoms with Crippen LogP contribution in [-0.2, 0) is 23.2 Å². The summed E-state index contributed by atoms with van der Waals surface area (Å²) < 4.78 is 22.8. The Labute approximate surface area is 145 Å². The molecule has 0 bridgehead atoms. The van der Waals surface area contributed by atoms with Crippen LogP contribution in [0.4, 0.5) is 0 Å². The molecule has 0 saturated carbocycles. The molecule has 0 unspecified atom stereocenters. The molecule has 0 radical (unpaired) electrons. The summed E-state index contributed by atoms with van der Waals surface area (Å²) in [4.78, 5) is 21.9. The van der Waals surface area contributed by atoms with Gasteiger partial charge in [-0.3, -0.25) is 9.36 Å². The van der Waals surface area contributed by atoms with E-state index >= 15 is 0 Å². The maximum absolute atomic E-state index is 12.2. The number of thioether (sulfide) groups is 1. The molecule has 0 rings (SSSR count). The molecule has 0 saturated heterocycles. The minimum absolute atomic E-state index is 0.0926. The molecule has 1 atom stereocenters. The van der Waals surface area contributed by atoms with Gasteiger partial charge in [-0.15, -0.1) is 0 Å². The quantitative estimate of drug-likeness (QED) is 0.358. The Hall–Kier alpha value is -0.670. The topological polar surface area (TPSA) is 114 Å². The molecular weight excluding hydrogens is 363 g/mol. The van der Waals surface area contributed by atoms with E-state index in [9.17, 15) is 14.2 Å². The zero-order chi connectivity index (χ0) is 17.9. The van der Waals surface area contributed by atoms with Gasteiger partial charge in [-0.05, 0) is 13.8 Å². The normalized spacial score (nSPS) is 12.5. The Morgan fingerprint density at radius 3 is 2.30 bits per heavy atom. The van der Waals surface area contributed by atoms with E-state index in [-0.39, 0.29) is 31.7 Å². The van der Waals surface area contributed by atoms with Crippen molar-refractivity contribution >= 4 is 47.8 Å². The maximum atomic E-state index is 12.2. The van der Waals surface area contributed by atoms with Crippen molar-refractivity contribution in [2.45, 2.75) is 26.8 Å². The first-order valence-electron chi connectivity index (χ1n) is 7.02. The minimum atomic E-state index is -3.13. The van der Waals surface area contributed by atoms with E-state index in [0.717, 1.165) is 11.8 Å². The summed E-state index contributed by atoms with van der Waals surface area (Å²) in [7, 11) is -3.13. The number of hydrogen-bond acceptors (Lipinski definition) is 7. The first kappa shape index (κ1) is 22.3. The van der Waals surface area contributed by atoms with E-state index < -0.39 is 25.5 Å². The number of carbonyl (C=O) groups excluding carboxylic acids is 1. The van der Waals surface area contributed by atoms with Crippen molar-refractivity contribution in [2.75, 3.05) is 31.7 Å². The van der Waals surface area contributed by atoms with Gasteiger partial charge in [0, 0.05) is 19.2 Å². The van der Waals surface area contributed by atoms with E-state index in [4.69, 9.17) is 26.4 Å². The van der Waals surface area contributed by atoms with Gasteiger partial charge < -0.3 is 24.8 Å². The number of aliphatic carboxylic acids is 1. The van der Waals surface area contributed by atoms with Crippen LogP contribution in [0.1, 0.15) is 20.8 Å². The van der Waals surface area contributed by atoms with Crippen molar-refractivity contribution in [3.05, 3.63) is 0 Å². The number of amides is 1. The average Bonchev–Trinajstić information content (AvgIpc) is 2.43. The Kier molecular flexibility index (Phi) is 11.5. The third kappa shape index (κ3) is 10.7. The highest BCUT2D eigenvalue weighted by Crippen LogP contribution is 2.47. The highest BCUT2D eigenvalue weighted by atomic mass is 32.2. The summed E-state index contributed by atoms with van der Waals surface area (Å²) in [6, 6.07) is -1.02. The summed E-state index contributed by atoms with van der Waals surface area (Å²) >= 11 is 6.15. The fourth-order valence-electron chi connectivity index (χ4n) is 1.48. The molecule has 134 valence electrons. The number of nitrogens with one attached hydrogen (secondary N) is 2. The lowest BCUT2D eigenvalue weighted by Crippen LogP contribution is -2.42. The second kappa shape index (κ2) is 11.8. The fraction of sp³-hybridized carbons (Fsp3) is 0.750. The Balaban J connectivity index is 4.22. The van der Waals surface area contributed by atoms with Crippen LogP contribution >= 0.6 is 31.6 Å². The lowest BCUT2D eigenvalue weighted by atomic mass is 10.3. The van der Waals surface area contributed by atoms with Crippen molar-refractivity contribution in [1.82, 2.24) is 10.6 Å². The van der Waals surface area contributed by atoms with E-state index in [1.165, 1.54) is 6.92 Å². The van der Waals surface area contributed by atoms with Gasteiger partial charge >= 0.3 is 13.6 Å². The predicted octanol–water partition coefficient (Wildman–Crippen LogP) is 1.45. The molecule has 0 aliphatic rings. The van der Waals surface area contributed by atoms with Gasteiger partial charge in [0.15, 0.2) is 0 Å². The van der Waals surface area contributed by atoms with Gasteiger partial charge in [0.2, 0.25) is 5.91 Å². The van der Waals surface area contributed by atoms with E-state index in [0.29, 0.717) is 4.32 Å². The van der Waals surface area contributed by atoms with Crippen LogP contribution in [0.5, 0.6) is 0 Å². The monoisotopic (exact) mass is 386 g/mol. The van der Waals surface area contributed by atoms with Gasteiger partial charge in [0.1, 0.15) is 10.4 Å². The third-order valence-electron chi connectivity index (χ3n) is 2.36. The summed E-state index contributed by atoms with van der Waals surface area (Å²) in [5.41, 5.74) is 0. The van der Waals surface area contributed by atoms with Crippen molar-refractivity contribution < 1.29 is 28.3 Å². The smallest absolute Gasteiger partial charge is 0.332 e. The second-order valence-corrected chi connectivity index (χ2v) is 8.17. The Morgan fingerprint density at radius 2 is 1.87 bits per heavy atom. The van der Waals surface area contributed by atoms with E-state index in [1.807, 2.05) is 0 Å². The fourth-order valence-corrected chi connectivity index (χ4v) is 4.04. The van der Waals surface area contributed by atoms with Crippen LogP contribution in [0, 0.1) is 0 Å². The Bertz CT molecular complexity index is 453. The number of thiocarbonyl (C=S) groups is 1. The van der Waals surface area contributed by atoms with E-state index in [2.05, 4.69) is 10.6 Å². The zero-order valence-corrected chi connectivity index (χ0v) is 15.9. The largest absolute Gasteiger partial charge is 0.480 e. The lowest BCUT2D eigenvalue weighted by molar-refractivity contribution is -0.140. The summed E-state index contributed by atoms with van der Waals surface area (Å²) in [6.45, 7) is 5.55. The minimum Gasteiger partial charge on any atom is -0.480 e. The van der Waals surface area contributed by atoms with Crippen LogP contribution in [0.3, 0.4) is 0 Å². The van der Waals surface area contributed by atoms with Gasteiger partial charge in [0.25, 0.3) is 0 Å². The molecular formula is C12H23N2O6PS2. The molecule has 0 aliphatic heterocycles. The van der Waals surface area contributed by atoms with Gasteiger partial charge in [-0.1, -0.05) is 24.0 Å². The number of carboxylic acid groups (broad SMARTS) is 1. The Morgan fingerprint density at radius 1 is 1.30 bits per heavy atom. The van der Waals surface area contributed by atoms with E-state index in [1.54, 1.807) is 13.8 Å². The second-order valence-electron chi connectivity index (χ2n) is 4.29. The maximum Gasteiger partial charge on any atom is 0.332 e. The molecule has 0 aromatic rings. The van der Waals surface area contributed by atoms with Crippen molar-refractivity contribution in [1.29, 1.82) is 0 Å². The highest BCUT2D eigenvalue weighted by molar-refractivity contribution is 8.23. The zero-order valence-electron chi connectivity index (χ0n) is 13.4. The summed E-state index contributed by atoms with van der Waals surface area (Å²) in [5.74, 6) is -1.46. The molecule has 0 fully saturated rings. The van der Waals surface area contributed by atoms with Crippen LogP contribution < -0.4 is 10.6 Å². The molecule has 23 heavy (non-hydrogen) atoms. The van der Waals surface area contributed by atoms with Crippen LogP contribution in [0.2, 0.25) is 0 Å². The molecule has 8 nitrogen and oxygen atoms in total. The third-order valence-corrected chi connectivity index (χ3v) is 5.84. The van der Waals surface area contributed by atoms with Gasteiger partial charge in [-0.25, -0.2) is 4.79 Å². The van der Waals surface area contributed by atoms with Crippen molar-refractivity contribution in [3.63, 3.8) is 0 Å². The lowest BCUT2D eigenvalue weighted by Gasteiger charge is -2.18. The molecule has 0 aliphatic carbocycles. The van der Waals surface area contributed by atoms with Crippen molar-refractivity contribution in [2.24, 2.45) is 0 Å². The SMILES string of the molecule is CCOP(=O)(CCNC(=S)SC[C@H](NC(C)=O)C(=O)O)OCC. The molecule has 0 aromatic carbocycles. The van der Waals surface area contributed by atoms with Crippen LogP contribution in [0.25, 0.3) is 0 Å². The molecule has 0 heterocycles. The van der Waals surface area contributed by atoms with Crippen LogP contribution in [0.15, 0.2) is 0 Å². The number of carbonyl (C=O) groups is 2. The molecule has 0 aromatic heterocycles. The number of rotatable bonds is 11. The first-order valence-corrected chi connectivity index (χ1v) is 10.1. The predicted molar refractivity (Wildman–Crippen MR) is 94.0 cm³/mol. The average molecular weight is 386 g/mol. The summed E-state index contributed by atoms with van der Waals surface area (Å²) in [5, 5.41) is 14.2. The number of hydrogen-bond donors (Lipinski definition) is 3. The first-order chi connectivity index (χ1) is 10.7. The van der Waals surface area contributed by atoms with Crippen LogP contribution in [-0.4, -0.2) is 59.0 Å². The summed E-state index contributed by atoms with van der Waals surface area (Å²) in [6.07, 6.45) is 0.156. The van der Waals surface area contributed by atoms with Gasteiger partial charge in [0.05, 0.1) is 19.4 Å². The molecule has 11 heteroatoms. The number of carboxylic acids is 1. The molecule has 3 N–H and O–H groups in total.